The first-order valence-electron chi connectivity index (χ1n) is 6.06. The van der Waals surface area contributed by atoms with Crippen LogP contribution in [0.2, 0.25) is 0 Å². The lowest BCUT2D eigenvalue weighted by atomic mass is 10.1. The maximum atomic E-state index is 9.13. The number of rotatable bonds is 5. The van der Waals surface area contributed by atoms with Crippen LogP contribution < -0.4 is 10.6 Å². The van der Waals surface area contributed by atoms with Gasteiger partial charge in [0.05, 0.1) is 12.3 Å². The first-order chi connectivity index (χ1) is 8.13. The van der Waals surface area contributed by atoms with E-state index in [1.54, 1.807) is 0 Å². The molecule has 1 aromatic carbocycles. The molecule has 1 saturated carbocycles. The summed E-state index contributed by atoms with van der Waals surface area (Å²) in [7, 11) is 0. The third kappa shape index (κ3) is 3.00. The fourth-order valence-electron chi connectivity index (χ4n) is 2.03. The Bertz CT molecular complexity index is 391. The smallest absolute Gasteiger partial charge is 0.0606 e. The van der Waals surface area contributed by atoms with Gasteiger partial charge in [0.15, 0.2) is 0 Å². The molecular formula is C13H19BrN2O. The highest BCUT2D eigenvalue weighted by atomic mass is 79.9. The van der Waals surface area contributed by atoms with Gasteiger partial charge in [0.2, 0.25) is 0 Å². The molecule has 2 rings (SSSR count). The molecule has 1 aliphatic rings. The van der Waals surface area contributed by atoms with Crippen molar-refractivity contribution in [2.24, 2.45) is 5.73 Å². The van der Waals surface area contributed by atoms with E-state index in [4.69, 9.17) is 10.8 Å². The van der Waals surface area contributed by atoms with Crippen molar-refractivity contribution >= 4 is 21.6 Å². The molecule has 0 amide bonds. The van der Waals surface area contributed by atoms with Crippen LogP contribution in [-0.4, -0.2) is 24.3 Å². The lowest BCUT2D eigenvalue weighted by molar-refractivity contribution is 0.301. The van der Waals surface area contributed by atoms with E-state index in [-0.39, 0.29) is 12.6 Å². The molecule has 17 heavy (non-hydrogen) atoms. The molecule has 0 bridgehead atoms. The highest BCUT2D eigenvalue weighted by Crippen LogP contribution is 2.36. The van der Waals surface area contributed by atoms with Gasteiger partial charge in [0.25, 0.3) is 0 Å². The van der Waals surface area contributed by atoms with Crippen LogP contribution in [0.5, 0.6) is 0 Å². The highest BCUT2D eigenvalue weighted by Gasteiger charge is 2.29. The predicted molar refractivity (Wildman–Crippen MR) is 74.2 cm³/mol. The topological polar surface area (TPSA) is 49.5 Å². The molecule has 0 unspecified atom stereocenters. The van der Waals surface area contributed by atoms with Crippen LogP contribution in [0.25, 0.3) is 0 Å². The molecule has 0 aromatic heterocycles. The molecule has 0 radical (unpaired) electrons. The van der Waals surface area contributed by atoms with Crippen LogP contribution >= 0.6 is 15.9 Å². The fourth-order valence-corrected chi connectivity index (χ4v) is 2.66. The minimum absolute atomic E-state index is 0.0487. The molecule has 1 aromatic rings. The van der Waals surface area contributed by atoms with Gasteiger partial charge in [0.1, 0.15) is 0 Å². The van der Waals surface area contributed by atoms with Crippen molar-refractivity contribution in [3.63, 3.8) is 0 Å². The second-order valence-corrected chi connectivity index (χ2v) is 5.50. The molecule has 94 valence electrons. The van der Waals surface area contributed by atoms with Crippen molar-refractivity contribution in [3.05, 3.63) is 28.2 Å². The maximum absolute atomic E-state index is 9.13. The van der Waals surface area contributed by atoms with Gasteiger partial charge in [-0.2, -0.15) is 0 Å². The summed E-state index contributed by atoms with van der Waals surface area (Å²) in [4.78, 5) is 2.27. The molecule has 0 heterocycles. The van der Waals surface area contributed by atoms with Gasteiger partial charge in [-0.3, -0.25) is 0 Å². The Morgan fingerprint density at radius 3 is 2.71 bits per heavy atom. The lowest BCUT2D eigenvalue weighted by Gasteiger charge is -2.25. The molecule has 1 atom stereocenters. The number of aliphatic hydroxyl groups excluding tert-OH is 1. The number of nitrogens with zero attached hydrogens (tertiary/aromatic N) is 1. The Hall–Kier alpha value is -0.580. The second kappa shape index (κ2) is 5.38. The quantitative estimate of drug-likeness (QED) is 0.878. The third-order valence-electron chi connectivity index (χ3n) is 3.14. The Morgan fingerprint density at radius 2 is 2.24 bits per heavy atom. The van der Waals surface area contributed by atoms with Gasteiger partial charge < -0.3 is 15.7 Å². The number of halogens is 1. The van der Waals surface area contributed by atoms with E-state index in [1.165, 1.54) is 12.8 Å². The largest absolute Gasteiger partial charge is 0.395 e. The number of nitrogens with two attached hydrogens (primary N) is 1. The van der Waals surface area contributed by atoms with Gasteiger partial charge in [0, 0.05) is 23.1 Å². The molecule has 0 saturated heterocycles. The van der Waals surface area contributed by atoms with Gasteiger partial charge in [-0.1, -0.05) is 6.07 Å². The number of hydrogen-bond donors (Lipinski definition) is 2. The van der Waals surface area contributed by atoms with Crippen molar-refractivity contribution in [2.75, 3.05) is 18.1 Å². The fraction of sp³-hybridized carbons (Fsp3) is 0.538. The minimum atomic E-state index is 0.0487. The molecule has 0 spiro atoms. The first kappa shape index (κ1) is 12.9. The summed E-state index contributed by atoms with van der Waals surface area (Å²) in [5.41, 5.74) is 8.15. The van der Waals surface area contributed by atoms with E-state index in [2.05, 4.69) is 39.0 Å². The van der Waals surface area contributed by atoms with Crippen LogP contribution in [-0.2, 0) is 0 Å². The van der Waals surface area contributed by atoms with Crippen LogP contribution in [0.3, 0.4) is 0 Å². The normalized spacial score (nSPS) is 16.9. The summed E-state index contributed by atoms with van der Waals surface area (Å²) in [5, 5.41) is 9.13. The SMILES string of the molecule is C[C@@H](N)c1ccc(N(CCO)C2CC2)c(Br)c1. The monoisotopic (exact) mass is 298 g/mol. The van der Waals surface area contributed by atoms with Gasteiger partial charge in [-0.25, -0.2) is 0 Å². The third-order valence-corrected chi connectivity index (χ3v) is 3.77. The standard InChI is InChI=1S/C13H19BrN2O/c1-9(15)10-2-5-13(12(14)8-10)16(6-7-17)11-3-4-11/h2,5,8-9,11,17H,3-4,6-7,15H2,1H3/t9-/m1/s1. The maximum Gasteiger partial charge on any atom is 0.0606 e. The first-order valence-corrected chi connectivity index (χ1v) is 6.85. The lowest BCUT2D eigenvalue weighted by Crippen LogP contribution is -2.29. The summed E-state index contributed by atoms with van der Waals surface area (Å²) < 4.78 is 1.06. The van der Waals surface area contributed by atoms with E-state index in [1.807, 2.05) is 6.92 Å². The summed E-state index contributed by atoms with van der Waals surface area (Å²) in [6, 6.07) is 6.88. The average molecular weight is 299 g/mol. The number of anilines is 1. The van der Waals surface area contributed by atoms with E-state index < -0.39 is 0 Å². The Balaban J connectivity index is 2.24. The Morgan fingerprint density at radius 1 is 1.53 bits per heavy atom. The van der Waals surface area contributed by atoms with E-state index in [0.29, 0.717) is 12.6 Å². The zero-order valence-corrected chi connectivity index (χ0v) is 11.7. The Kier molecular flexibility index (Phi) is 4.07. The van der Waals surface area contributed by atoms with E-state index in [9.17, 15) is 0 Å². The van der Waals surface area contributed by atoms with Crippen molar-refractivity contribution in [1.82, 2.24) is 0 Å². The summed E-state index contributed by atoms with van der Waals surface area (Å²) in [5.74, 6) is 0. The zero-order valence-electron chi connectivity index (χ0n) is 10.1. The van der Waals surface area contributed by atoms with Crippen molar-refractivity contribution in [3.8, 4) is 0 Å². The average Bonchev–Trinajstić information content (AvgIpc) is 3.10. The summed E-state index contributed by atoms with van der Waals surface area (Å²) in [6.45, 7) is 2.87. The van der Waals surface area contributed by atoms with Crippen LogP contribution in [0, 0.1) is 0 Å². The molecule has 1 aliphatic carbocycles. The minimum Gasteiger partial charge on any atom is -0.395 e. The second-order valence-electron chi connectivity index (χ2n) is 4.65. The van der Waals surface area contributed by atoms with Crippen molar-refractivity contribution in [2.45, 2.75) is 31.8 Å². The van der Waals surface area contributed by atoms with Crippen LogP contribution in [0.15, 0.2) is 22.7 Å². The molecule has 1 fully saturated rings. The molecule has 3 N–H and O–H groups in total. The molecule has 0 aliphatic heterocycles. The highest BCUT2D eigenvalue weighted by molar-refractivity contribution is 9.10. The Labute approximate surface area is 111 Å². The van der Waals surface area contributed by atoms with Gasteiger partial charge in [-0.15, -0.1) is 0 Å². The predicted octanol–water partition coefficient (Wildman–Crippen LogP) is 2.43. The van der Waals surface area contributed by atoms with Gasteiger partial charge in [-0.05, 0) is 53.4 Å². The van der Waals surface area contributed by atoms with E-state index >= 15 is 0 Å². The number of hydrogen-bond acceptors (Lipinski definition) is 3. The summed E-state index contributed by atoms with van der Waals surface area (Å²) >= 11 is 3.60. The number of benzene rings is 1. The van der Waals surface area contributed by atoms with E-state index in [0.717, 1.165) is 15.7 Å². The zero-order chi connectivity index (χ0) is 12.4. The van der Waals surface area contributed by atoms with Crippen molar-refractivity contribution in [1.29, 1.82) is 0 Å². The summed E-state index contributed by atoms with van der Waals surface area (Å²) in [6.07, 6.45) is 2.45. The molecular weight excluding hydrogens is 280 g/mol. The van der Waals surface area contributed by atoms with Crippen molar-refractivity contribution < 1.29 is 5.11 Å². The van der Waals surface area contributed by atoms with Gasteiger partial charge >= 0.3 is 0 Å². The molecule has 4 heteroatoms. The molecule has 3 nitrogen and oxygen atoms in total. The van der Waals surface area contributed by atoms with Crippen LogP contribution in [0.4, 0.5) is 5.69 Å². The van der Waals surface area contributed by atoms with Crippen LogP contribution in [0.1, 0.15) is 31.4 Å². The number of aliphatic hydroxyl groups is 1.